The van der Waals surface area contributed by atoms with Gasteiger partial charge in [-0.3, -0.25) is 0 Å². The largest absolute Gasteiger partial charge is 0.0962 e. The Morgan fingerprint density at radius 1 is 0.542 bits per heavy atom. The van der Waals surface area contributed by atoms with Crippen molar-refractivity contribution in [3.05, 3.63) is 0 Å². The van der Waals surface area contributed by atoms with Crippen LogP contribution in [-0.2, 0) is 0 Å². The maximum absolute atomic E-state index is 3.85. The van der Waals surface area contributed by atoms with Crippen molar-refractivity contribution in [2.45, 2.75) is 121 Å². The summed E-state index contributed by atoms with van der Waals surface area (Å²) in [4.78, 5) is 0. The second-order valence-corrected chi connectivity index (χ2v) is 9.54. The maximum atomic E-state index is 3.85. The molecule has 0 saturated carbocycles. The van der Waals surface area contributed by atoms with Crippen LogP contribution in [0.25, 0.3) is 0 Å². The monoisotopic (exact) mass is 334 g/mol. The van der Waals surface area contributed by atoms with Crippen molar-refractivity contribution >= 4 is 0 Å². The predicted molar refractivity (Wildman–Crippen MR) is 111 cm³/mol. The van der Waals surface area contributed by atoms with Crippen molar-refractivity contribution < 1.29 is 0 Å². The standard InChI is InChI=1S/C24H46/c1-11-21(7,8)19-23(10,14-4)17-18-24(15-5,16-6)20-22(9,12-2)13-3/h11-16,19-20H2,1-10H3. The Morgan fingerprint density at radius 2 is 1.04 bits per heavy atom. The van der Waals surface area contributed by atoms with E-state index in [1.165, 1.54) is 44.9 Å². The fourth-order valence-corrected chi connectivity index (χ4v) is 3.76. The molecule has 0 radical (unpaired) electrons. The molecule has 0 saturated heterocycles. The Morgan fingerprint density at radius 3 is 1.38 bits per heavy atom. The van der Waals surface area contributed by atoms with Crippen LogP contribution < -0.4 is 0 Å². The van der Waals surface area contributed by atoms with E-state index in [0.29, 0.717) is 10.8 Å². The fraction of sp³-hybridized carbons (Fsp3) is 0.917. The molecular formula is C24H46. The Balaban J connectivity index is 5.63. The lowest BCUT2D eigenvalue weighted by Crippen LogP contribution is -2.29. The van der Waals surface area contributed by atoms with Gasteiger partial charge in [0.25, 0.3) is 0 Å². The molecule has 0 fully saturated rings. The van der Waals surface area contributed by atoms with E-state index < -0.39 is 0 Å². The molecule has 0 aliphatic heterocycles. The van der Waals surface area contributed by atoms with Gasteiger partial charge in [0.2, 0.25) is 0 Å². The first-order chi connectivity index (χ1) is 11.0. The Labute approximate surface area is 154 Å². The molecule has 0 heteroatoms. The third-order valence-electron chi connectivity index (χ3n) is 7.06. The summed E-state index contributed by atoms with van der Waals surface area (Å²) in [5, 5.41) is 0. The summed E-state index contributed by atoms with van der Waals surface area (Å²) in [7, 11) is 0. The average molecular weight is 335 g/mol. The lowest BCUT2D eigenvalue weighted by Gasteiger charge is -2.38. The van der Waals surface area contributed by atoms with Crippen LogP contribution in [0.4, 0.5) is 0 Å². The minimum Gasteiger partial charge on any atom is -0.0962 e. The lowest BCUT2D eigenvalue weighted by molar-refractivity contribution is 0.168. The molecule has 0 spiro atoms. The first-order valence-electron chi connectivity index (χ1n) is 10.5. The van der Waals surface area contributed by atoms with Crippen LogP contribution in [0.15, 0.2) is 0 Å². The zero-order chi connectivity index (χ0) is 19.1. The van der Waals surface area contributed by atoms with Crippen LogP contribution in [0, 0.1) is 33.5 Å². The number of rotatable bonds is 10. The van der Waals surface area contributed by atoms with E-state index in [0.717, 1.165) is 6.42 Å². The average Bonchev–Trinajstić information content (AvgIpc) is 2.58. The van der Waals surface area contributed by atoms with E-state index in [-0.39, 0.29) is 10.8 Å². The van der Waals surface area contributed by atoms with Crippen LogP contribution in [0.5, 0.6) is 0 Å². The first-order valence-corrected chi connectivity index (χ1v) is 10.5. The Kier molecular flexibility index (Phi) is 9.14. The van der Waals surface area contributed by atoms with Gasteiger partial charge in [0.05, 0.1) is 0 Å². The number of hydrogen-bond acceptors (Lipinski definition) is 0. The summed E-state index contributed by atoms with van der Waals surface area (Å²) in [6, 6.07) is 0. The van der Waals surface area contributed by atoms with Crippen molar-refractivity contribution in [3.8, 4) is 11.8 Å². The zero-order valence-electron chi connectivity index (χ0n) is 18.7. The second kappa shape index (κ2) is 9.31. The van der Waals surface area contributed by atoms with Crippen LogP contribution in [0.1, 0.15) is 121 Å². The highest BCUT2D eigenvalue weighted by molar-refractivity contribution is 5.19. The Hall–Kier alpha value is -0.440. The molecule has 1 atom stereocenters. The van der Waals surface area contributed by atoms with E-state index in [9.17, 15) is 0 Å². The molecular weight excluding hydrogens is 288 g/mol. The van der Waals surface area contributed by atoms with Gasteiger partial charge in [0.15, 0.2) is 0 Å². The topological polar surface area (TPSA) is 0 Å². The summed E-state index contributed by atoms with van der Waals surface area (Å²) in [5.41, 5.74) is 1.13. The predicted octanol–water partition coefficient (Wildman–Crippen LogP) is 8.26. The van der Waals surface area contributed by atoms with E-state index in [1.807, 2.05) is 0 Å². The van der Waals surface area contributed by atoms with Gasteiger partial charge in [-0.1, -0.05) is 93.4 Å². The van der Waals surface area contributed by atoms with Crippen LogP contribution >= 0.6 is 0 Å². The van der Waals surface area contributed by atoms with Crippen molar-refractivity contribution in [3.63, 3.8) is 0 Å². The molecule has 0 aromatic heterocycles. The Bertz CT molecular complexity index is 409. The lowest BCUT2D eigenvalue weighted by atomic mass is 9.66. The zero-order valence-corrected chi connectivity index (χ0v) is 18.7. The first kappa shape index (κ1) is 23.6. The van der Waals surface area contributed by atoms with Crippen molar-refractivity contribution in [1.82, 2.24) is 0 Å². The van der Waals surface area contributed by atoms with Crippen LogP contribution in [0.3, 0.4) is 0 Å². The smallest absolute Gasteiger partial charge is 0.0314 e. The second-order valence-electron chi connectivity index (χ2n) is 9.54. The van der Waals surface area contributed by atoms with Crippen LogP contribution in [0.2, 0.25) is 0 Å². The number of hydrogen-bond donors (Lipinski definition) is 0. The maximum Gasteiger partial charge on any atom is 0.0314 e. The fourth-order valence-electron chi connectivity index (χ4n) is 3.76. The summed E-state index contributed by atoms with van der Waals surface area (Å²) < 4.78 is 0. The molecule has 0 aliphatic rings. The molecule has 0 nitrogen and oxygen atoms in total. The molecule has 0 amide bonds. The molecule has 0 rings (SSSR count). The molecule has 0 bridgehead atoms. The highest BCUT2D eigenvalue weighted by atomic mass is 14.4. The molecule has 0 aliphatic carbocycles. The molecule has 0 aromatic carbocycles. The summed E-state index contributed by atoms with van der Waals surface area (Å²) in [6.45, 7) is 23.6. The summed E-state index contributed by atoms with van der Waals surface area (Å²) in [5.74, 6) is 7.64. The van der Waals surface area contributed by atoms with Gasteiger partial charge in [-0.25, -0.2) is 0 Å². The molecule has 0 aromatic rings. The highest BCUT2D eigenvalue weighted by Crippen LogP contribution is 2.44. The molecule has 142 valence electrons. The minimum atomic E-state index is 0.143. The van der Waals surface area contributed by atoms with E-state index in [2.05, 4.69) is 81.1 Å². The summed E-state index contributed by atoms with van der Waals surface area (Å²) in [6.07, 6.45) is 9.65. The van der Waals surface area contributed by atoms with Gasteiger partial charge in [0.1, 0.15) is 0 Å². The van der Waals surface area contributed by atoms with E-state index in [1.54, 1.807) is 0 Å². The molecule has 0 heterocycles. The van der Waals surface area contributed by atoms with Gasteiger partial charge in [0, 0.05) is 10.8 Å². The van der Waals surface area contributed by atoms with Gasteiger partial charge >= 0.3 is 0 Å². The SMILES string of the molecule is CCC(C)(C)CC(C)(C#CC(CC)(CC)CC(C)(CC)CC)CC. The van der Waals surface area contributed by atoms with Crippen LogP contribution in [-0.4, -0.2) is 0 Å². The van der Waals surface area contributed by atoms with Crippen molar-refractivity contribution in [2.75, 3.05) is 0 Å². The van der Waals surface area contributed by atoms with Gasteiger partial charge in [-0.2, -0.15) is 0 Å². The van der Waals surface area contributed by atoms with Crippen molar-refractivity contribution in [2.24, 2.45) is 21.7 Å². The molecule has 1 unspecified atom stereocenters. The quantitative estimate of drug-likeness (QED) is 0.353. The minimum absolute atomic E-state index is 0.143. The van der Waals surface area contributed by atoms with E-state index >= 15 is 0 Å². The highest BCUT2D eigenvalue weighted by Gasteiger charge is 2.34. The normalized spacial score (nSPS) is 15.6. The molecule has 24 heavy (non-hydrogen) atoms. The van der Waals surface area contributed by atoms with Gasteiger partial charge in [-0.05, 0) is 49.9 Å². The van der Waals surface area contributed by atoms with E-state index in [4.69, 9.17) is 0 Å². The third-order valence-corrected chi connectivity index (χ3v) is 7.06. The van der Waals surface area contributed by atoms with Gasteiger partial charge in [-0.15, -0.1) is 0 Å². The van der Waals surface area contributed by atoms with Gasteiger partial charge < -0.3 is 0 Å². The molecule has 0 N–H and O–H groups in total. The third kappa shape index (κ3) is 6.82. The summed E-state index contributed by atoms with van der Waals surface area (Å²) >= 11 is 0. The van der Waals surface area contributed by atoms with Crippen molar-refractivity contribution in [1.29, 1.82) is 0 Å².